The molecule has 106 valence electrons. The first kappa shape index (κ1) is 15.5. The molecule has 0 saturated carbocycles. The maximum absolute atomic E-state index is 5.54. The minimum atomic E-state index is 0.627. The fourth-order valence-corrected chi connectivity index (χ4v) is 1.70. The van der Waals surface area contributed by atoms with Gasteiger partial charge in [0, 0.05) is 25.8 Å². The molecule has 0 fully saturated rings. The molecular weight excluding hydrogens is 242 g/mol. The largest absolute Gasteiger partial charge is 0.492 e. The zero-order chi connectivity index (χ0) is 13.9. The summed E-state index contributed by atoms with van der Waals surface area (Å²) in [5, 5.41) is 3.25. The molecule has 4 heteroatoms. The number of rotatable bonds is 9. The van der Waals surface area contributed by atoms with Gasteiger partial charge in [0.2, 0.25) is 0 Å². The lowest BCUT2D eigenvalue weighted by molar-refractivity contribution is 0.200. The van der Waals surface area contributed by atoms with Crippen molar-refractivity contribution in [2.24, 2.45) is 0 Å². The van der Waals surface area contributed by atoms with Crippen molar-refractivity contribution in [3.8, 4) is 11.5 Å². The van der Waals surface area contributed by atoms with Gasteiger partial charge in [-0.25, -0.2) is 0 Å². The van der Waals surface area contributed by atoms with Crippen LogP contribution >= 0.6 is 0 Å². The standard InChI is InChI=1S/C15H23NO3/c1-4-19-14-9-5-7-13(15(14)18-3)8-6-10-16-11-12-17-2/h5-9,16H,4,10-12H2,1-3H3. The van der Waals surface area contributed by atoms with Gasteiger partial charge < -0.3 is 19.5 Å². The summed E-state index contributed by atoms with van der Waals surface area (Å²) in [5.41, 5.74) is 1.02. The van der Waals surface area contributed by atoms with E-state index in [4.69, 9.17) is 14.2 Å². The second kappa shape index (κ2) is 9.42. The molecule has 0 amide bonds. The Morgan fingerprint density at radius 2 is 2.11 bits per heavy atom. The van der Waals surface area contributed by atoms with Gasteiger partial charge in [0.15, 0.2) is 11.5 Å². The van der Waals surface area contributed by atoms with Crippen LogP contribution in [0.1, 0.15) is 12.5 Å². The van der Waals surface area contributed by atoms with Crippen LogP contribution in [-0.2, 0) is 4.74 Å². The van der Waals surface area contributed by atoms with E-state index in [9.17, 15) is 0 Å². The van der Waals surface area contributed by atoms with Gasteiger partial charge in [0.1, 0.15) is 0 Å². The van der Waals surface area contributed by atoms with E-state index in [1.54, 1.807) is 14.2 Å². The SMILES string of the molecule is CCOc1cccc(C=CCNCCOC)c1OC. The van der Waals surface area contributed by atoms with Crippen LogP contribution in [0.2, 0.25) is 0 Å². The van der Waals surface area contributed by atoms with Crippen molar-refractivity contribution in [1.29, 1.82) is 0 Å². The van der Waals surface area contributed by atoms with E-state index in [0.717, 1.165) is 36.8 Å². The highest BCUT2D eigenvalue weighted by atomic mass is 16.5. The number of ether oxygens (including phenoxy) is 3. The molecule has 1 aromatic carbocycles. The molecule has 0 aliphatic rings. The Bertz CT molecular complexity index is 391. The molecule has 1 rings (SSSR count). The van der Waals surface area contributed by atoms with E-state index in [-0.39, 0.29) is 0 Å². The number of para-hydroxylation sites is 1. The zero-order valence-corrected chi connectivity index (χ0v) is 11.9. The molecule has 0 unspecified atom stereocenters. The molecule has 0 aromatic heterocycles. The van der Waals surface area contributed by atoms with Crippen molar-refractivity contribution in [2.75, 3.05) is 40.5 Å². The smallest absolute Gasteiger partial charge is 0.167 e. The molecule has 0 atom stereocenters. The molecule has 0 aliphatic carbocycles. The Morgan fingerprint density at radius 3 is 2.79 bits per heavy atom. The van der Waals surface area contributed by atoms with Crippen molar-refractivity contribution in [3.63, 3.8) is 0 Å². The van der Waals surface area contributed by atoms with Gasteiger partial charge >= 0.3 is 0 Å². The molecule has 19 heavy (non-hydrogen) atoms. The van der Waals surface area contributed by atoms with Crippen molar-refractivity contribution < 1.29 is 14.2 Å². The normalized spacial score (nSPS) is 10.9. The van der Waals surface area contributed by atoms with E-state index in [2.05, 4.69) is 11.4 Å². The first-order valence-electron chi connectivity index (χ1n) is 6.49. The van der Waals surface area contributed by atoms with Crippen LogP contribution in [0, 0.1) is 0 Å². The number of methoxy groups -OCH3 is 2. The monoisotopic (exact) mass is 265 g/mol. The zero-order valence-electron chi connectivity index (χ0n) is 11.9. The van der Waals surface area contributed by atoms with Crippen molar-refractivity contribution >= 4 is 6.08 Å². The highest BCUT2D eigenvalue weighted by Gasteiger charge is 2.06. The Morgan fingerprint density at radius 1 is 1.26 bits per heavy atom. The number of hydrogen-bond donors (Lipinski definition) is 1. The van der Waals surface area contributed by atoms with Gasteiger partial charge in [-0.05, 0) is 13.0 Å². The van der Waals surface area contributed by atoms with Gasteiger partial charge in [-0.1, -0.05) is 24.3 Å². The van der Waals surface area contributed by atoms with Gasteiger partial charge in [0.05, 0.1) is 20.3 Å². The van der Waals surface area contributed by atoms with Crippen LogP contribution in [0.4, 0.5) is 0 Å². The van der Waals surface area contributed by atoms with Crippen LogP contribution in [0.5, 0.6) is 11.5 Å². The summed E-state index contributed by atoms with van der Waals surface area (Å²) in [6, 6.07) is 5.88. The molecule has 0 heterocycles. The summed E-state index contributed by atoms with van der Waals surface area (Å²) in [6.07, 6.45) is 4.09. The molecule has 0 bridgehead atoms. The lowest BCUT2D eigenvalue weighted by Gasteiger charge is -2.11. The third-order valence-corrected chi connectivity index (χ3v) is 2.56. The second-order valence-electron chi connectivity index (χ2n) is 3.91. The number of nitrogens with one attached hydrogen (secondary N) is 1. The molecular formula is C15H23NO3. The van der Waals surface area contributed by atoms with Crippen LogP contribution in [0.25, 0.3) is 6.08 Å². The number of hydrogen-bond acceptors (Lipinski definition) is 4. The first-order chi connectivity index (χ1) is 9.33. The fraction of sp³-hybridized carbons (Fsp3) is 0.467. The van der Waals surface area contributed by atoms with Crippen LogP contribution in [0.3, 0.4) is 0 Å². The van der Waals surface area contributed by atoms with Crippen LogP contribution < -0.4 is 14.8 Å². The molecule has 4 nitrogen and oxygen atoms in total. The molecule has 1 aromatic rings. The van der Waals surface area contributed by atoms with Crippen molar-refractivity contribution in [2.45, 2.75) is 6.92 Å². The maximum Gasteiger partial charge on any atom is 0.167 e. The fourth-order valence-electron chi connectivity index (χ4n) is 1.70. The molecule has 0 saturated heterocycles. The van der Waals surface area contributed by atoms with E-state index in [1.165, 1.54) is 0 Å². The summed E-state index contributed by atoms with van der Waals surface area (Å²) >= 11 is 0. The Hall–Kier alpha value is -1.52. The predicted molar refractivity (Wildman–Crippen MR) is 77.9 cm³/mol. The summed E-state index contributed by atoms with van der Waals surface area (Å²) in [7, 11) is 3.35. The van der Waals surface area contributed by atoms with Crippen molar-refractivity contribution in [3.05, 3.63) is 29.8 Å². The lowest BCUT2D eigenvalue weighted by Crippen LogP contribution is -2.18. The van der Waals surface area contributed by atoms with Crippen molar-refractivity contribution in [1.82, 2.24) is 5.32 Å². The van der Waals surface area contributed by atoms with Gasteiger partial charge in [-0.3, -0.25) is 0 Å². The molecule has 0 spiro atoms. The van der Waals surface area contributed by atoms with E-state index in [1.807, 2.05) is 31.2 Å². The Balaban J connectivity index is 2.61. The first-order valence-corrected chi connectivity index (χ1v) is 6.49. The van der Waals surface area contributed by atoms with Gasteiger partial charge in [-0.15, -0.1) is 0 Å². The topological polar surface area (TPSA) is 39.7 Å². The highest BCUT2D eigenvalue weighted by Crippen LogP contribution is 2.31. The molecule has 1 N–H and O–H groups in total. The van der Waals surface area contributed by atoms with Crippen LogP contribution in [-0.4, -0.2) is 40.5 Å². The molecule has 0 aliphatic heterocycles. The van der Waals surface area contributed by atoms with Crippen LogP contribution in [0.15, 0.2) is 24.3 Å². The average molecular weight is 265 g/mol. The summed E-state index contributed by atoms with van der Waals surface area (Å²) in [4.78, 5) is 0. The minimum absolute atomic E-state index is 0.627. The minimum Gasteiger partial charge on any atom is -0.492 e. The van der Waals surface area contributed by atoms with E-state index in [0.29, 0.717) is 6.61 Å². The lowest BCUT2D eigenvalue weighted by atomic mass is 10.1. The summed E-state index contributed by atoms with van der Waals surface area (Å²) < 4.78 is 15.9. The van der Waals surface area contributed by atoms with Gasteiger partial charge in [-0.2, -0.15) is 0 Å². The third-order valence-electron chi connectivity index (χ3n) is 2.56. The van der Waals surface area contributed by atoms with Gasteiger partial charge in [0.25, 0.3) is 0 Å². The maximum atomic E-state index is 5.54. The molecule has 0 radical (unpaired) electrons. The second-order valence-corrected chi connectivity index (χ2v) is 3.91. The predicted octanol–water partition coefficient (Wildman–Crippen LogP) is 2.34. The Kier molecular flexibility index (Phi) is 7.70. The summed E-state index contributed by atoms with van der Waals surface area (Å²) in [6.45, 7) is 4.95. The Labute approximate surface area is 115 Å². The quantitative estimate of drug-likeness (QED) is 0.696. The van der Waals surface area contributed by atoms with E-state index < -0.39 is 0 Å². The number of benzene rings is 1. The highest BCUT2D eigenvalue weighted by molar-refractivity contribution is 5.62. The average Bonchev–Trinajstić information content (AvgIpc) is 2.43. The van der Waals surface area contributed by atoms with E-state index >= 15 is 0 Å². The third kappa shape index (κ3) is 5.32. The summed E-state index contributed by atoms with van der Waals surface area (Å²) in [5.74, 6) is 1.55.